The van der Waals surface area contributed by atoms with Crippen molar-refractivity contribution in [3.05, 3.63) is 45.9 Å². The van der Waals surface area contributed by atoms with E-state index in [-0.39, 0.29) is 11.3 Å². The van der Waals surface area contributed by atoms with Crippen molar-refractivity contribution in [1.82, 2.24) is 4.57 Å². The number of benzene rings is 1. The van der Waals surface area contributed by atoms with E-state index in [4.69, 9.17) is 5.73 Å². The summed E-state index contributed by atoms with van der Waals surface area (Å²) in [5.74, 6) is -0.594. The summed E-state index contributed by atoms with van der Waals surface area (Å²) in [6, 6.07) is 7.14. The molecular formula is C12H12N2O2. The molecule has 82 valence electrons. The van der Waals surface area contributed by atoms with Gasteiger partial charge in [0.05, 0.1) is 0 Å². The highest BCUT2D eigenvalue weighted by atomic mass is 16.2. The zero-order valence-electron chi connectivity index (χ0n) is 9.15. The molecule has 0 radical (unpaired) electrons. The number of rotatable bonds is 1. The Morgan fingerprint density at radius 3 is 2.62 bits per heavy atom. The van der Waals surface area contributed by atoms with Crippen LogP contribution in [-0.2, 0) is 7.05 Å². The molecule has 0 aliphatic carbocycles. The molecule has 0 bridgehead atoms. The Hall–Kier alpha value is -2.10. The number of hydrogen-bond acceptors (Lipinski definition) is 2. The van der Waals surface area contributed by atoms with Crippen LogP contribution in [-0.4, -0.2) is 10.5 Å². The van der Waals surface area contributed by atoms with Gasteiger partial charge in [-0.15, -0.1) is 0 Å². The number of amides is 1. The van der Waals surface area contributed by atoms with Crippen molar-refractivity contribution in [3.8, 4) is 0 Å². The first kappa shape index (κ1) is 10.4. The average Bonchev–Trinajstić information content (AvgIpc) is 2.22. The van der Waals surface area contributed by atoms with Gasteiger partial charge < -0.3 is 10.3 Å². The topological polar surface area (TPSA) is 65.1 Å². The summed E-state index contributed by atoms with van der Waals surface area (Å²) in [6.45, 7) is 1.93. The van der Waals surface area contributed by atoms with Crippen LogP contribution in [0.25, 0.3) is 10.8 Å². The van der Waals surface area contributed by atoms with Gasteiger partial charge in [0.1, 0.15) is 5.69 Å². The van der Waals surface area contributed by atoms with E-state index in [1.165, 1.54) is 4.57 Å². The number of primary amides is 1. The number of carbonyl (C=O) groups excluding carboxylic acids is 1. The predicted molar refractivity (Wildman–Crippen MR) is 62.4 cm³/mol. The van der Waals surface area contributed by atoms with E-state index in [9.17, 15) is 9.59 Å². The monoisotopic (exact) mass is 216 g/mol. The summed E-state index contributed by atoms with van der Waals surface area (Å²) >= 11 is 0. The Labute approximate surface area is 92.3 Å². The van der Waals surface area contributed by atoms with Gasteiger partial charge in [0.15, 0.2) is 0 Å². The van der Waals surface area contributed by atoms with Crippen LogP contribution in [0.4, 0.5) is 0 Å². The largest absolute Gasteiger partial charge is 0.364 e. The zero-order chi connectivity index (χ0) is 11.9. The standard InChI is InChI=1S/C12H12N2O2/c1-7-3-4-9-8(5-7)6-10(11(13)15)14(2)12(9)16/h3-6H,1-2H3,(H2,13,15). The minimum absolute atomic E-state index is 0.202. The number of aryl methyl sites for hydroxylation is 1. The Morgan fingerprint density at radius 2 is 2.00 bits per heavy atom. The second-order valence-corrected chi connectivity index (χ2v) is 3.85. The molecule has 4 heteroatoms. The molecule has 0 saturated carbocycles. The second kappa shape index (κ2) is 3.48. The molecule has 2 N–H and O–H groups in total. The summed E-state index contributed by atoms with van der Waals surface area (Å²) in [6.07, 6.45) is 0. The number of fused-ring (bicyclic) bond motifs is 1. The first-order valence-electron chi connectivity index (χ1n) is 4.91. The number of carbonyl (C=O) groups is 1. The second-order valence-electron chi connectivity index (χ2n) is 3.85. The number of nitrogens with zero attached hydrogens (tertiary/aromatic N) is 1. The molecule has 1 amide bonds. The van der Waals surface area contributed by atoms with Gasteiger partial charge in [-0.3, -0.25) is 9.59 Å². The highest BCUT2D eigenvalue weighted by Gasteiger charge is 2.09. The molecule has 2 aromatic rings. The first-order valence-corrected chi connectivity index (χ1v) is 4.91. The maximum atomic E-state index is 11.9. The minimum atomic E-state index is -0.594. The lowest BCUT2D eigenvalue weighted by Gasteiger charge is -2.07. The van der Waals surface area contributed by atoms with Gasteiger partial charge in [-0.1, -0.05) is 17.7 Å². The SMILES string of the molecule is Cc1ccc2c(=O)n(C)c(C(N)=O)cc2c1. The van der Waals surface area contributed by atoms with Gasteiger partial charge in [-0.2, -0.15) is 0 Å². The lowest BCUT2D eigenvalue weighted by Crippen LogP contribution is -2.26. The van der Waals surface area contributed by atoms with Crippen LogP contribution in [0, 0.1) is 6.92 Å². The van der Waals surface area contributed by atoms with Crippen molar-refractivity contribution in [2.45, 2.75) is 6.92 Å². The average molecular weight is 216 g/mol. The molecular weight excluding hydrogens is 204 g/mol. The van der Waals surface area contributed by atoms with Crippen LogP contribution in [0.5, 0.6) is 0 Å². The number of nitrogens with two attached hydrogens (primary N) is 1. The molecule has 0 spiro atoms. The van der Waals surface area contributed by atoms with E-state index in [2.05, 4.69) is 0 Å². The molecule has 0 unspecified atom stereocenters. The molecule has 0 fully saturated rings. The van der Waals surface area contributed by atoms with Gasteiger partial charge in [-0.05, 0) is 24.4 Å². The van der Waals surface area contributed by atoms with E-state index in [1.54, 1.807) is 19.2 Å². The van der Waals surface area contributed by atoms with Crippen molar-refractivity contribution in [2.75, 3.05) is 0 Å². The third kappa shape index (κ3) is 1.48. The van der Waals surface area contributed by atoms with Gasteiger partial charge >= 0.3 is 0 Å². The van der Waals surface area contributed by atoms with E-state index >= 15 is 0 Å². The van der Waals surface area contributed by atoms with Crippen molar-refractivity contribution in [3.63, 3.8) is 0 Å². The zero-order valence-corrected chi connectivity index (χ0v) is 9.15. The Balaban J connectivity index is 2.94. The van der Waals surface area contributed by atoms with Crippen LogP contribution in [0.1, 0.15) is 16.1 Å². The van der Waals surface area contributed by atoms with Gasteiger partial charge in [-0.25, -0.2) is 0 Å². The highest BCUT2D eigenvalue weighted by Crippen LogP contribution is 2.13. The maximum Gasteiger partial charge on any atom is 0.265 e. The molecule has 0 saturated heterocycles. The third-order valence-electron chi connectivity index (χ3n) is 2.65. The van der Waals surface area contributed by atoms with E-state index in [0.29, 0.717) is 5.39 Å². The Kier molecular flexibility index (Phi) is 2.27. The molecule has 0 aliphatic rings. The van der Waals surface area contributed by atoms with Crippen LogP contribution in [0.3, 0.4) is 0 Å². The van der Waals surface area contributed by atoms with Crippen molar-refractivity contribution in [1.29, 1.82) is 0 Å². The molecule has 4 nitrogen and oxygen atoms in total. The van der Waals surface area contributed by atoms with Crippen LogP contribution >= 0.6 is 0 Å². The van der Waals surface area contributed by atoms with E-state index < -0.39 is 5.91 Å². The van der Waals surface area contributed by atoms with Crippen molar-refractivity contribution >= 4 is 16.7 Å². The van der Waals surface area contributed by atoms with Crippen molar-refractivity contribution < 1.29 is 4.79 Å². The van der Waals surface area contributed by atoms with E-state index in [1.807, 2.05) is 19.1 Å². The fourth-order valence-corrected chi connectivity index (χ4v) is 1.77. The van der Waals surface area contributed by atoms with Crippen LogP contribution < -0.4 is 11.3 Å². The van der Waals surface area contributed by atoms with Gasteiger partial charge in [0.2, 0.25) is 0 Å². The number of pyridine rings is 1. The quantitative estimate of drug-likeness (QED) is 0.771. The Morgan fingerprint density at radius 1 is 1.31 bits per heavy atom. The van der Waals surface area contributed by atoms with Crippen molar-refractivity contribution in [2.24, 2.45) is 12.8 Å². The smallest absolute Gasteiger partial charge is 0.265 e. The summed E-state index contributed by atoms with van der Waals surface area (Å²) in [5.41, 5.74) is 6.27. The van der Waals surface area contributed by atoms with Gasteiger partial charge in [0.25, 0.3) is 11.5 Å². The molecule has 1 aromatic heterocycles. The summed E-state index contributed by atoms with van der Waals surface area (Å²) in [7, 11) is 1.54. The summed E-state index contributed by atoms with van der Waals surface area (Å²) in [4.78, 5) is 23.1. The fourth-order valence-electron chi connectivity index (χ4n) is 1.77. The normalized spacial score (nSPS) is 10.6. The predicted octanol–water partition coefficient (Wildman–Crippen LogP) is 0.946. The number of hydrogen-bond donors (Lipinski definition) is 1. The number of aromatic nitrogens is 1. The molecule has 1 heterocycles. The highest BCUT2D eigenvalue weighted by molar-refractivity contribution is 5.95. The molecule has 1 aromatic carbocycles. The minimum Gasteiger partial charge on any atom is -0.364 e. The lowest BCUT2D eigenvalue weighted by molar-refractivity contribution is 0.0991. The van der Waals surface area contributed by atoms with Gasteiger partial charge in [0, 0.05) is 12.4 Å². The molecule has 2 rings (SSSR count). The van der Waals surface area contributed by atoms with E-state index in [0.717, 1.165) is 10.9 Å². The third-order valence-corrected chi connectivity index (χ3v) is 2.65. The maximum absolute atomic E-state index is 11.9. The lowest BCUT2D eigenvalue weighted by atomic mass is 10.1. The molecule has 0 aliphatic heterocycles. The Bertz CT molecular complexity index is 641. The molecule has 16 heavy (non-hydrogen) atoms. The summed E-state index contributed by atoms with van der Waals surface area (Å²) in [5, 5.41) is 1.34. The first-order chi connectivity index (χ1) is 7.50. The van der Waals surface area contributed by atoms with Crippen LogP contribution in [0.15, 0.2) is 29.1 Å². The fraction of sp³-hybridized carbons (Fsp3) is 0.167. The molecule has 0 atom stereocenters. The summed E-state index contributed by atoms with van der Waals surface area (Å²) < 4.78 is 1.28. The van der Waals surface area contributed by atoms with Crippen LogP contribution in [0.2, 0.25) is 0 Å².